The Balaban J connectivity index is 1.61. The second kappa shape index (κ2) is 8.74. The van der Waals surface area contributed by atoms with Gasteiger partial charge in [-0.15, -0.1) is 0 Å². The quantitative estimate of drug-likeness (QED) is 0.793. The normalized spacial score (nSPS) is 21.2. The number of carbonyl (C=O) groups excluding carboxylic acids is 3. The number of likely N-dealkylation sites (tertiary alicyclic amines) is 1. The molecule has 2 aliphatic rings. The molecule has 6 nitrogen and oxygen atoms in total. The van der Waals surface area contributed by atoms with E-state index in [9.17, 15) is 14.4 Å². The molecule has 2 heterocycles. The summed E-state index contributed by atoms with van der Waals surface area (Å²) < 4.78 is 0. The van der Waals surface area contributed by atoms with Crippen molar-refractivity contribution in [2.75, 3.05) is 32.7 Å². The van der Waals surface area contributed by atoms with Gasteiger partial charge in [0, 0.05) is 57.6 Å². The van der Waals surface area contributed by atoms with Crippen LogP contribution in [0.15, 0.2) is 24.3 Å². The monoisotopic (exact) mass is 391 g/mol. The van der Waals surface area contributed by atoms with Crippen molar-refractivity contribution < 1.29 is 14.4 Å². The van der Waals surface area contributed by atoms with Crippen LogP contribution < -0.4 is 0 Å². The summed E-state index contributed by atoms with van der Waals surface area (Å²) in [4.78, 5) is 42.3. The minimum absolute atomic E-state index is 0.0571. The van der Waals surface area contributed by atoms with Crippen LogP contribution in [-0.4, -0.2) is 65.1 Å². The molecule has 0 spiro atoms. The van der Waals surface area contributed by atoms with E-state index in [1.165, 1.54) is 0 Å². The van der Waals surface area contributed by atoms with Crippen LogP contribution in [0.3, 0.4) is 0 Å². The molecular weight excluding hydrogens is 366 g/mol. The molecule has 146 valence electrons. The van der Waals surface area contributed by atoms with Gasteiger partial charge in [0.25, 0.3) is 0 Å². The molecule has 0 bridgehead atoms. The molecule has 0 radical (unpaired) electrons. The number of halogens is 1. The van der Waals surface area contributed by atoms with Crippen molar-refractivity contribution in [3.05, 3.63) is 34.9 Å². The van der Waals surface area contributed by atoms with Crippen LogP contribution in [0.4, 0.5) is 0 Å². The molecule has 0 N–H and O–H groups in total. The predicted molar refractivity (Wildman–Crippen MR) is 103 cm³/mol. The van der Waals surface area contributed by atoms with Gasteiger partial charge >= 0.3 is 0 Å². The lowest BCUT2D eigenvalue weighted by molar-refractivity contribution is -0.143. The first-order valence-electron chi connectivity index (χ1n) is 9.50. The van der Waals surface area contributed by atoms with Crippen LogP contribution in [0.1, 0.15) is 31.7 Å². The van der Waals surface area contributed by atoms with Crippen LogP contribution in [0.25, 0.3) is 0 Å². The van der Waals surface area contributed by atoms with E-state index >= 15 is 0 Å². The SMILES string of the molecule is CC(=O)N1CCCN(C(=O)[C@H]2CCC(=O)N(Cc3ccc(Cl)cc3)C2)CC1. The second-order valence-corrected chi connectivity index (χ2v) is 7.76. The highest BCUT2D eigenvalue weighted by molar-refractivity contribution is 6.30. The van der Waals surface area contributed by atoms with Crippen molar-refractivity contribution in [2.45, 2.75) is 32.7 Å². The Labute approximate surface area is 165 Å². The van der Waals surface area contributed by atoms with Crippen LogP contribution in [0.2, 0.25) is 5.02 Å². The van der Waals surface area contributed by atoms with E-state index in [0.717, 1.165) is 12.0 Å². The molecule has 0 unspecified atom stereocenters. The number of hydrogen-bond donors (Lipinski definition) is 0. The summed E-state index contributed by atoms with van der Waals surface area (Å²) >= 11 is 5.92. The molecule has 0 aromatic heterocycles. The molecule has 2 saturated heterocycles. The van der Waals surface area contributed by atoms with E-state index in [0.29, 0.717) is 57.1 Å². The van der Waals surface area contributed by atoms with Gasteiger partial charge in [-0.3, -0.25) is 14.4 Å². The molecular formula is C20H26ClN3O3. The zero-order chi connectivity index (χ0) is 19.4. The smallest absolute Gasteiger partial charge is 0.227 e. The third-order valence-electron chi connectivity index (χ3n) is 5.39. The number of nitrogens with zero attached hydrogens (tertiary/aromatic N) is 3. The van der Waals surface area contributed by atoms with Gasteiger partial charge in [-0.2, -0.15) is 0 Å². The van der Waals surface area contributed by atoms with Crippen LogP contribution >= 0.6 is 11.6 Å². The molecule has 27 heavy (non-hydrogen) atoms. The van der Waals surface area contributed by atoms with Crippen molar-refractivity contribution in [1.29, 1.82) is 0 Å². The van der Waals surface area contributed by atoms with Gasteiger partial charge in [0.1, 0.15) is 0 Å². The lowest BCUT2D eigenvalue weighted by Crippen LogP contribution is -2.47. The van der Waals surface area contributed by atoms with Gasteiger partial charge in [-0.25, -0.2) is 0 Å². The third-order valence-corrected chi connectivity index (χ3v) is 5.64. The Kier molecular flexibility index (Phi) is 6.37. The van der Waals surface area contributed by atoms with Gasteiger partial charge in [-0.1, -0.05) is 23.7 Å². The lowest BCUT2D eigenvalue weighted by atomic mass is 9.95. The molecule has 1 atom stereocenters. The number of rotatable bonds is 3. The highest BCUT2D eigenvalue weighted by Crippen LogP contribution is 2.23. The van der Waals surface area contributed by atoms with Crippen LogP contribution in [0, 0.1) is 5.92 Å². The fourth-order valence-corrected chi connectivity index (χ4v) is 3.92. The minimum atomic E-state index is -0.168. The Bertz CT molecular complexity index is 707. The number of carbonyl (C=O) groups is 3. The van der Waals surface area contributed by atoms with E-state index in [1.54, 1.807) is 16.7 Å². The van der Waals surface area contributed by atoms with Crippen molar-refractivity contribution in [3.8, 4) is 0 Å². The Morgan fingerprint density at radius 2 is 1.74 bits per heavy atom. The van der Waals surface area contributed by atoms with E-state index in [-0.39, 0.29) is 23.6 Å². The maximum atomic E-state index is 13.0. The topological polar surface area (TPSA) is 60.9 Å². The average Bonchev–Trinajstić information content (AvgIpc) is 2.91. The van der Waals surface area contributed by atoms with Gasteiger partial charge in [0.15, 0.2) is 0 Å². The van der Waals surface area contributed by atoms with Crippen LogP contribution in [-0.2, 0) is 20.9 Å². The molecule has 2 aliphatic heterocycles. The van der Waals surface area contributed by atoms with Crippen molar-refractivity contribution in [2.24, 2.45) is 5.92 Å². The molecule has 0 saturated carbocycles. The number of piperidine rings is 1. The number of hydrogen-bond acceptors (Lipinski definition) is 3. The van der Waals surface area contributed by atoms with Gasteiger partial charge in [-0.05, 0) is 30.5 Å². The molecule has 1 aromatic rings. The van der Waals surface area contributed by atoms with Crippen molar-refractivity contribution in [3.63, 3.8) is 0 Å². The summed E-state index contributed by atoms with van der Waals surface area (Å²) in [6, 6.07) is 7.44. The summed E-state index contributed by atoms with van der Waals surface area (Å²) in [5.41, 5.74) is 1.01. The highest BCUT2D eigenvalue weighted by Gasteiger charge is 2.33. The summed E-state index contributed by atoms with van der Waals surface area (Å²) in [5.74, 6) is 0.0854. The lowest BCUT2D eigenvalue weighted by Gasteiger charge is -2.34. The number of benzene rings is 1. The molecule has 0 aliphatic carbocycles. The predicted octanol–water partition coefficient (Wildman–Crippen LogP) is 2.16. The zero-order valence-corrected chi connectivity index (χ0v) is 16.5. The van der Waals surface area contributed by atoms with Gasteiger partial charge in [0.05, 0.1) is 5.92 Å². The first-order chi connectivity index (χ1) is 12.9. The summed E-state index contributed by atoms with van der Waals surface area (Å²) in [6.45, 7) is 5.04. The minimum Gasteiger partial charge on any atom is -0.341 e. The second-order valence-electron chi connectivity index (χ2n) is 7.32. The third kappa shape index (κ3) is 5.01. The van der Waals surface area contributed by atoms with Crippen molar-refractivity contribution in [1.82, 2.24) is 14.7 Å². The Morgan fingerprint density at radius 3 is 2.44 bits per heavy atom. The van der Waals surface area contributed by atoms with E-state index in [1.807, 2.05) is 29.2 Å². The Hall–Kier alpha value is -2.08. The Morgan fingerprint density at radius 1 is 1.07 bits per heavy atom. The molecule has 7 heteroatoms. The first kappa shape index (κ1) is 19.7. The van der Waals surface area contributed by atoms with Gasteiger partial charge < -0.3 is 14.7 Å². The fraction of sp³-hybridized carbons (Fsp3) is 0.550. The summed E-state index contributed by atoms with van der Waals surface area (Å²) in [6.07, 6.45) is 1.80. The molecule has 3 amide bonds. The van der Waals surface area contributed by atoms with E-state index in [2.05, 4.69) is 0 Å². The standard InChI is InChI=1S/C20H26ClN3O3/c1-15(25)22-9-2-10-23(12-11-22)20(27)17-5-8-19(26)24(14-17)13-16-3-6-18(21)7-4-16/h3-4,6-7,17H,2,5,8-14H2,1H3/t17-/m0/s1. The van der Waals surface area contributed by atoms with Gasteiger partial charge in [0.2, 0.25) is 17.7 Å². The van der Waals surface area contributed by atoms with E-state index in [4.69, 9.17) is 11.6 Å². The van der Waals surface area contributed by atoms with Crippen molar-refractivity contribution >= 4 is 29.3 Å². The fourth-order valence-electron chi connectivity index (χ4n) is 3.79. The molecule has 3 rings (SSSR count). The first-order valence-corrected chi connectivity index (χ1v) is 9.88. The van der Waals surface area contributed by atoms with Crippen LogP contribution in [0.5, 0.6) is 0 Å². The maximum absolute atomic E-state index is 13.0. The van der Waals surface area contributed by atoms with E-state index < -0.39 is 0 Å². The number of amides is 3. The molecule has 2 fully saturated rings. The average molecular weight is 392 g/mol. The highest BCUT2D eigenvalue weighted by atomic mass is 35.5. The zero-order valence-electron chi connectivity index (χ0n) is 15.7. The largest absolute Gasteiger partial charge is 0.341 e. The summed E-state index contributed by atoms with van der Waals surface area (Å²) in [7, 11) is 0. The summed E-state index contributed by atoms with van der Waals surface area (Å²) in [5, 5.41) is 0.664. The molecule has 1 aromatic carbocycles. The maximum Gasteiger partial charge on any atom is 0.227 e.